The molecule has 0 radical (unpaired) electrons. The molecule has 0 bridgehead atoms. The summed E-state index contributed by atoms with van der Waals surface area (Å²) in [4.78, 5) is 52.7. The lowest BCUT2D eigenvalue weighted by molar-refractivity contribution is -0.136. The van der Waals surface area contributed by atoms with Gasteiger partial charge in [-0.2, -0.15) is 0 Å². The minimum absolute atomic E-state index is 0.200. The lowest BCUT2D eigenvalue weighted by Crippen LogP contribution is -2.52. The number of benzene rings is 3. The minimum atomic E-state index is -0.977. The van der Waals surface area contributed by atoms with E-state index in [-0.39, 0.29) is 18.2 Å². The monoisotopic (exact) mass is 689 g/mol. The van der Waals surface area contributed by atoms with Crippen LogP contribution in [0.2, 0.25) is 0 Å². The Balaban J connectivity index is 0.819. The molecule has 4 aliphatic heterocycles. The van der Waals surface area contributed by atoms with E-state index in [0.717, 1.165) is 73.3 Å². The Morgan fingerprint density at radius 1 is 0.961 bits per heavy atom. The fraction of sp³-hybridized carbons (Fsp3) is 0.410. The van der Waals surface area contributed by atoms with Crippen LogP contribution in [0, 0.1) is 0 Å². The van der Waals surface area contributed by atoms with Gasteiger partial charge in [-0.05, 0) is 79.1 Å². The fourth-order valence-electron chi connectivity index (χ4n) is 7.97. The molecule has 3 amide bonds. The van der Waals surface area contributed by atoms with Gasteiger partial charge in [0, 0.05) is 80.6 Å². The number of hydrogen-bond donors (Lipinski definition) is 3. The third-order valence-electron chi connectivity index (χ3n) is 11.1. The van der Waals surface area contributed by atoms with Crippen molar-refractivity contribution >= 4 is 40.3 Å². The highest BCUT2D eigenvalue weighted by Gasteiger charge is 2.41. The highest BCUT2D eigenvalue weighted by atomic mass is 16.5. The van der Waals surface area contributed by atoms with Crippen molar-refractivity contribution in [3.8, 4) is 5.75 Å². The number of piperidine rings is 3. The maximum Gasteiger partial charge on any atom is 0.255 e. The molecule has 264 valence electrons. The largest absolute Gasteiger partial charge is 0.497 e. The topological polar surface area (TPSA) is 140 Å². The number of aromatic nitrogens is 2. The van der Waals surface area contributed by atoms with Crippen molar-refractivity contribution in [2.75, 3.05) is 43.5 Å². The lowest BCUT2D eigenvalue weighted by Gasteiger charge is -2.39. The number of methoxy groups -OCH3 is 1. The number of fused-ring (bicyclic) bond motifs is 2. The molecule has 51 heavy (non-hydrogen) atoms. The first-order valence-electron chi connectivity index (χ1n) is 17.9. The first-order valence-corrected chi connectivity index (χ1v) is 17.9. The highest BCUT2D eigenvalue weighted by molar-refractivity contribution is 6.05. The van der Waals surface area contributed by atoms with Crippen molar-refractivity contribution < 1.29 is 24.2 Å². The number of nitrogens with zero attached hydrogens (tertiary/aromatic N) is 5. The predicted molar refractivity (Wildman–Crippen MR) is 192 cm³/mol. The van der Waals surface area contributed by atoms with Crippen LogP contribution in [0.4, 0.5) is 11.6 Å². The molecule has 0 saturated carbocycles. The zero-order chi connectivity index (χ0) is 35.1. The normalized spacial score (nSPS) is 21.1. The number of ether oxygens (including phenoxy) is 1. The van der Waals surface area contributed by atoms with Crippen LogP contribution in [0.3, 0.4) is 0 Å². The van der Waals surface area contributed by atoms with E-state index < -0.39 is 17.6 Å². The average molecular weight is 690 g/mol. The van der Waals surface area contributed by atoms with Crippen molar-refractivity contribution in [3.63, 3.8) is 0 Å². The molecule has 1 aromatic heterocycles. The maximum atomic E-state index is 13.1. The molecule has 5 heterocycles. The van der Waals surface area contributed by atoms with Gasteiger partial charge in [-0.25, -0.2) is 9.97 Å². The van der Waals surface area contributed by atoms with Gasteiger partial charge < -0.3 is 25.0 Å². The summed E-state index contributed by atoms with van der Waals surface area (Å²) in [5.41, 5.74) is 4.55. The van der Waals surface area contributed by atoms with Crippen LogP contribution < -0.4 is 20.3 Å². The number of rotatable bonds is 8. The molecule has 0 aliphatic carbocycles. The van der Waals surface area contributed by atoms with Gasteiger partial charge in [-0.3, -0.25) is 24.6 Å². The number of nitrogens with one attached hydrogen (secondary N) is 2. The van der Waals surface area contributed by atoms with Gasteiger partial charge in [0.15, 0.2) is 0 Å². The third-order valence-corrected chi connectivity index (χ3v) is 11.1. The Morgan fingerprint density at radius 2 is 1.75 bits per heavy atom. The average Bonchev–Trinajstić information content (AvgIpc) is 3.48. The van der Waals surface area contributed by atoms with Crippen LogP contribution in [0.1, 0.15) is 65.6 Å². The number of likely N-dealkylation sites (tertiary alicyclic amines) is 1. The molecule has 12 nitrogen and oxygen atoms in total. The van der Waals surface area contributed by atoms with E-state index in [1.807, 2.05) is 36.5 Å². The Labute approximate surface area is 296 Å². The van der Waals surface area contributed by atoms with Crippen molar-refractivity contribution in [3.05, 3.63) is 89.1 Å². The standard InChI is InChI=1S/C39H43N7O5/c1-51-31-8-4-26-22-40-38(42-33(26)21-31)41-29-12-16-45(17-13-29)30-6-2-25(3-7-30)23-44-18-14-39(50,15-19-44)28-5-9-32-27(20-28)24-46(37(32)49)34-10-11-35(47)43-36(34)48/h2-9,20-22,29,34,50H,10-19,23-24H2,1H3,(H,40,41,42)(H,43,47,48). The summed E-state index contributed by atoms with van der Waals surface area (Å²) in [6.07, 6.45) is 5.58. The molecule has 3 aromatic carbocycles. The maximum absolute atomic E-state index is 13.1. The molecule has 3 saturated heterocycles. The van der Waals surface area contributed by atoms with E-state index in [1.54, 1.807) is 18.1 Å². The molecule has 4 aromatic rings. The van der Waals surface area contributed by atoms with Crippen LogP contribution in [0.25, 0.3) is 10.9 Å². The van der Waals surface area contributed by atoms with Gasteiger partial charge in [-0.1, -0.05) is 24.3 Å². The van der Waals surface area contributed by atoms with Gasteiger partial charge in [0.25, 0.3) is 5.91 Å². The lowest BCUT2D eigenvalue weighted by atomic mass is 9.83. The number of carbonyl (C=O) groups is 3. The van der Waals surface area contributed by atoms with Gasteiger partial charge in [0.2, 0.25) is 17.8 Å². The Bertz CT molecular complexity index is 1970. The summed E-state index contributed by atoms with van der Waals surface area (Å²) in [7, 11) is 1.66. The molecule has 1 atom stereocenters. The molecule has 8 rings (SSSR count). The second-order valence-corrected chi connectivity index (χ2v) is 14.3. The zero-order valence-corrected chi connectivity index (χ0v) is 28.8. The summed E-state index contributed by atoms with van der Waals surface area (Å²) < 4.78 is 5.35. The van der Waals surface area contributed by atoms with E-state index in [1.165, 1.54) is 11.3 Å². The van der Waals surface area contributed by atoms with E-state index in [2.05, 4.69) is 49.7 Å². The summed E-state index contributed by atoms with van der Waals surface area (Å²) in [5.74, 6) is 0.512. The summed E-state index contributed by atoms with van der Waals surface area (Å²) in [6, 6.07) is 19.9. The summed E-state index contributed by atoms with van der Waals surface area (Å²) in [6.45, 7) is 4.54. The van der Waals surface area contributed by atoms with Crippen molar-refractivity contribution in [1.29, 1.82) is 0 Å². The molecular formula is C39H43N7O5. The predicted octanol–water partition coefficient (Wildman–Crippen LogP) is 3.96. The van der Waals surface area contributed by atoms with Crippen LogP contribution in [-0.2, 0) is 28.3 Å². The Morgan fingerprint density at radius 3 is 2.49 bits per heavy atom. The number of imide groups is 1. The van der Waals surface area contributed by atoms with E-state index >= 15 is 0 Å². The SMILES string of the molecule is COc1ccc2cnc(NC3CCN(c4ccc(CN5CCC(O)(c6ccc7c(c6)CN(C6CCC(=O)NC6=O)C7=O)CC5)cc4)CC3)nc2c1. The third kappa shape index (κ3) is 6.73. The molecule has 1 unspecified atom stereocenters. The van der Waals surface area contributed by atoms with Crippen LogP contribution in [0.15, 0.2) is 66.9 Å². The first kappa shape index (κ1) is 33.1. The highest BCUT2D eigenvalue weighted by Crippen LogP contribution is 2.37. The zero-order valence-electron chi connectivity index (χ0n) is 28.8. The number of hydrogen-bond acceptors (Lipinski definition) is 10. The van der Waals surface area contributed by atoms with Crippen molar-refractivity contribution in [2.24, 2.45) is 0 Å². The van der Waals surface area contributed by atoms with Crippen LogP contribution >= 0.6 is 0 Å². The van der Waals surface area contributed by atoms with E-state index in [9.17, 15) is 19.5 Å². The molecule has 3 N–H and O–H groups in total. The molecule has 12 heteroatoms. The smallest absolute Gasteiger partial charge is 0.255 e. The molecule has 0 spiro atoms. The number of amides is 3. The second-order valence-electron chi connectivity index (χ2n) is 14.3. The van der Waals surface area contributed by atoms with E-state index in [4.69, 9.17) is 9.72 Å². The Hall–Kier alpha value is -5.07. The first-order chi connectivity index (χ1) is 24.7. The number of anilines is 2. The van der Waals surface area contributed by atoms with E-state index in [0.29, 0.717) is 43.4 Å². The number of aliphatic hydroxyl groups is 1. The van der Waals surface area contributed by atoms with Crippen molar-refractivity contribution in [2.45, 2.75) is 69.3 Å². The fourth-order valence-corrected chi connectivity index (χ4v) is 7.97. The summed E-state index contributed by atoms with van der Waals surface area (Å²) >= 11 is 0. The van der Waals surface area contributed by atoms with Crippen molar-refractivity contribution in [1.82, 2.24) is 25.1 Å². The summed E-state index contributed by atoms with van der Waals surface area (Å²) in [5, 5.41) is 18.6. The minimum Gasteiger partial charge on any atom is -0.497 e. The molecule has 4 aliphatic rings. The van der Waals surface area contributed by atoms with Gasteiger partial charge >= 0.3 is 0 Å². The molecule has 3 fully saturated rings. The molecular weight excluding hydrogens is 646 g/mol. The van der Waals surface area contributed by atoms with Gasteiger partial charge in [0.05, 0.1) is 18.2 Å². The van der Waals surface area contributed by atoms with Gasteiger partial charge in [-0.15, -0.1) is 0 Å². The number of carbonyl (C=O) groups excluding carboxylic acids is 3. The van der Waals surface area contributed by atoms with Gasteiger partial charge in [0.1, 0.15) is 11.8 Å². The second kappa shape index (κ2) is 13.6. The van der Waals surface area contributed by atoms with Crippen LogP contribution in [-0.4, -0.2) is 88.0 Å². The quantitative estimate of drug-likeness (QED) is 0.233. The Kier molecular flexibility index (Phi) is 8.81. The van der Waals surface area contributed by atoms with Crippen LogP contribution in [0.5, 0.6) is 5.75 Å².